The zero-order chi connectivity index (χ0) is 17.2. The van der Waals surface area contributed by atoms with Gasteiger partial charge in [0.1, 0.15) is 0 Å². The molecule has 140 valence electrons. The summed E-state index contributed by atoms with van der Waals surface area (Å²) in [6.45, 7) is 1.61. The van der Waals surface area contributed by atoms with E-state index in [1.165, 1.54) is 11.4 Å². The molecule has 0 aromatic heterocycles. The highest BCUT2D eigenvalue weighted by Gasteiger charge is 2.43. The van der Waals surface area contributed by atoms with E-state index in [9.17, 15) is 13.2 Å². The molecule has 2 aliphatic rings. The van der Waals surface area contributed by atoms with Crippen LogP contribution in [0.5, 0.6) is 0 Å². The minimum atomic E-state index is -3.63. The van der Waals surface area contributed by atoms with Gasteiger partial charge in [-0.15, -0.1) is 12.4 Å². The number of nitrogens with zero attached hydrogens (tertiary/aromatic N) is 1. The van der Waals surface area contributed by atoms with E-state index in [4.69, 9.17) is 4.74 Å². The van der Waals surface area contributed by atoms with Gasteiger partial charge in [0.2, 0.25) is 10.0 Å². The van der Waals surface area contributed by atoms with Crippen LogP contribution in [0, 0.1) is 5.92 Å². The topological polar surface area (TPSA) is 75.7 Å². The molecular formula is C17H25ClN2O4S. The second kappa shape index (κ2) is 8.38. The number of methoxy groups -OCH3 is 1. The Balaban J connectivity index is 0.00000225. The number of carbonyl (C=O) groups is 1. The molecule has 6 nitrogen and oxygen atoms in total. The van der Waals surface area contributed by atoms with Crippen LogP contribution < -0.4 is 9.62 Å². The van der Waals surface area contributed by atoms with Crippen LogP contribution in [0.25, 0.3) is 0 Å². The summed E-state index contributed by atoms with van der Waals surface area (Å²) in [5.41, 5.74) is 1.68. The van der Waals surface area contributed by atoms with Gasteiger partial charge in [-0.1, -0.05) is 31.0 Å². The number of fused-ring (bicyclic) bond motifs is 1. The first kappa shape index (κ1) is 20.0. The van der Waals surface area contributed by atoms with E-state index in [-0.39, 0.29) is 12.4 Å². The lowest BCUT2D eigenvalue weighted by molar-refractivity contribution is -0.146. The number of carbonyl (C=O) groups excluding carboxylic acids is 1. The van der Waals surface area contributed by atoms with Crippen molar-refractivity contribution in [2.75, 3.05) is 24.5 Å². The largest absolute Gasteiger partial charge is 0.469 e. The predicted octanol–water partition coefficient (Wildman–Crippen LogP) is 2.08. The third kappa shape index (κ3) is 3.93. The van der Waals surface area contributed by atoms with Gasteiger partial charge in [-0.2, -0.15) is 0 Å². The SMILES string of the molecule is COC(=O)C1CCCCC1S(=O)(=O)N1CCNCc2ccccc21.Cl. The number of hydrogen-bond acceptors (Lipinski definition) is 5. The Morgan fingerprint density at radius 1 is 1.24 bits per heavy atom. The first-order chi connectivity index (χ1) is 11.6. The van der Waals surface area contributed by atoms with Gasteiger partial charge in [0, 0.05) is 19.6 Å². The minimum Gasteiger partial charge on any atom is -0.469 e. The van der Waals surface area contributed by atoms with E-state index < -0.39 is 27.2 Å². The van der Waals surface area contributed by atoms with Gasteiger partial charge in [0.05, 0.1) is 24.0 Å². The van der Waals surface area contributed by atoms with Gasteiger partial charge in [0.15, 0.2) is 0 Å². The Hall–Kier alpha value is -1.31. The molecule has 2 atom stereocenters. The Labute approximate surface area is 155 Å². The number of rotatable bonds is 3. The number of hydrogen-bond donors (Lipinski definition) is 1. The van der Waals surface area contributed by atoms with Crippen LogP contribution in [0.3, 0.4) is 0 Å². The summed E-state index contributed by atoms with van der Waals surface area (Å²) in [5, 5.41) is 2.55. The van der Waals surface area contributed by atoms with E-state index in [0.717, 1.165) is 24.1 Å². The first-order valence-electron chi connectivity index (χ1n) is 8.43. The Morgan fingerprint density at radius 3 is 2.72 bits per heavy atom. The van der Waals surface area contributed by atoms with E-state index in [1.807, 2.05) is 24.3 Å². The molecular weight excluding hydrogens is 364 g/mol. The molecule has 0 bridgehead atoms. The zero-order valence-electron chi connectivity index (χ0n) is 14.3. The van der Waals surface area contributed by atoms with E-state index in [2.05, 4.69) is 5.32 Å². The lowest BCUT2D eigenvalue weighted by Gasteiger charge is -2.34. The number of para-hydroxylation sites is 1. The van der Waals surface area contributed by atoms with Crippen LogP contribution in [-0.2, 0) is 26.1 Å². The van der Waals surface area contributed by atoms with Crippen molar-refractivity contribution in [2.24, 2.45) is 5.92 Å². The average molecular weight is 389 g/mol. The molecule has 1 aliphatic carbocycles. The van der Waals surface area contributed by atoms with Crippen molar-refractivity contribution < 1.29 is 17.9 Å². The lowest BCUT2D eigenvalue weighted by atomic mass is 9.89. The molecule has 1 fully saturated rings. The second-order valence-electron chi connectivity index (χ2n) is 6.38. The molecule has 25 heavy (non-hydrogen) atoms. The maximum Gasteiger partial charge on any atom is 0.310 e. The minimum absolute atomic E-state index is 0. The Morgan fingerprint density at radius 2 is 1.96 bits per heavy atom. The van der Waals surface area contributed by atoms with Crippen LogP contribution in [0.2, 0.25) is 0 Å². The maximum absolute atomic E-state index is 13.4. The fourth-order valence-electron chi connectivity index (χ4n) is 3.73. The molecule has 2 unspecified atom stereocenters. The average Bonchev–Trinajstić information content (AvgIpc) is 2.84. The standard InChI is InChI=1S/C17H24N2O4S.ClH/c1-23-17(20)14-7-3-5-9-16(14)24(21,22)19-11-10-18-12-13-6-2-4-8-15(13)19;/h2,4,6,8,14,16,18H,3,5,7,9-12H2,1H3;1H. The summed E-state index contributed by atoms with van der Waals surface area (Å²) in [7, 11) is -2.31. The van der Waals surface area contributed by atoms with Crippen molar-refractivity contribution in [1.82, 2.24) is 5.32 Å². The van der Waals surface area contributed by atoms with E-state index in [1.54, 1.807) is 0 Å². The highest BCUT2D eigenvalue weighted by Crippen LogP contribution is 2.35. The van der Waals surface area contributed by atoms with Gasteiger partial charge in [-0.25, -0.2) is 8.42 Å². The summed E-state index contributed by atoms with van der Waals surface area (Å²) in [4.78, 5) is 12.1. The number of anilines is 1. The molecule has 0 spiro atoms. The predicted molar refractivity (Wildman–Crippen MR) is 99.4 cm³/mol. The molecule has 0 amide bonds. The molecule has 1 aliphatic heterocycles. The molecule has 8 heteroatoms. The number of benzene rings is 1. The van der Waals surface area contributed by atoms with Gasteiger partial charge < -0.3 is 10.1 Å². The van der Waals surface area contributed by atoms with E-state index in [0.29, 0.717) is 32.5 Å². The van der Waals surface area contributed by atoms with Gasteiger partial charge in [-0.3, -0.25) is 9.10 Å². The Kier molecular flexibility index (Phi) is 6.71. The summed E-state index contributed by atoms with van der Waals surface area (Å²) >= 11 is 0. The smallest absolute Gasteiger partial charge is 0.310 e. The fraction of sp³-hybridized carbons (Fsp3) is 0.588. The molecule has 1 aromatic carbocycles. The van der Waals surface area contributed by atoms with Crippen LogP contribution in [0.15, 0.2) is 24.3 Å². The lowest BCUT2D eigenvalue weighted by Crippen LogP contribution is -2.47. The number of halogens is 1. The quantitative estimate of drug-likeness (QED) is 0.802. The summed E-state index contributed by atoms with van der Waals surface area (Å²) in [6, 6.07) is 7.55. The maximum atomic E-state index is 13.4. The van der Waals surface area contributed by atoms with E-state index >= 15 is 0 Å². The molecule has 1 saturated carbocycles. The molecule has 1 N–H and O–H groups in total. The van der Waals surface area contributed by atoms with Crippen LogP contribution in [0.1, 0.15) is 31.2 Å². The van der Waals surface area contributed by atoms with Crippen LogP contribution in [0.4, 0.5) is 5.69 Å². The Bertz CT molecular complexity index is 710. The second-order valence-corrected chi connectivity index (χ2v) is 8.45. The van der Waals surface area contributed by atoms with Crippen LogP contribution in [-0.4, -0.2) is 39.8 Å². The molecule has 0 radical (unpaired) electrons. The third-order valence-corrected chi connectivity index (χ3v) is 7.29. The number of ether oxygens (including phenoxy) is 1. The summed E-state index contributed by atoms with van der Waals surface area (Å²) in [6.07, 6.45) is 2.77. The van der Waals surface area contributed by atoms with Gasteiger partial charge >= 0.3 is 5.97 Å². The van der Waals surface area contributed by atoms with Crippen LogP contribution >= 0.6 is 12.4 Å². The van der Waals surface area contributed by atoms with Gasteiger partial charge in [-0.05, 0) is 24.5 Å². The fourth-order valence-corrected chi connectivity index (χ4v) is 5.98. The van der Waals surface area contributed by atoms with Crippen molar-refractivity contribution in [3.63, 3.8) is 0 Å². The van der Waals surface area contributed by atoms with Crippen molar-refractivity contribution in [3.05, 3.63) is 29.8 Å². The highest BCUT2D eigenvalue weighted by atomic mass is 35.5. The number of esters is 1. The number of nitrogens with one attached hydrogen (secondary N) is 1. The molecule has 0 saturated heterocycles. The first-order valence-corrected chi connectivity index (χ1v) is 9.94. The van der Waals surface area contributed by atoms with Crippen molar-refractivity contribution in [3.8, 4) is 0 Å². The summed E-state index contributed by atoms with van der Waals surface area (Å²) in [5.74, 6) is -0.985. The molecule has 1 heterocycles. The monoisotopic (exact) mass is 388 g/mol. The van der Waals surface area contributed by atoms with Crippen molar-refractivity contribution in [1.29, 1.82) is 0 Å². The number of sulfonamides is 1. The van der Waals surface area contributed by atoms with Gasteiger partial charge in [0.25, 0.3) is 0 Å². The molecule has 1 aromatic rings. The summed E-state index contributed by atoms with van der Waals surface area (Å²) < 4.78 is 33.1. The van der Waals surface area contributed by atoms with Crippen molar-refractivity contribution in [2.45, 2.75) is 37.5 Å². The highest BCUT2D eigenvalue weighted by molar-refractivity contribution is 7.93. The van der Waals surface area contributed by atoms with Crippen molar-refractivity contribution >= 4 is 34.1 Å². The zero-order valence-corrected chi connectivity index (χ0v) is 15.9. The molecule has 3 rings (SSSR count). The third-order valence-electron chi connectivity index (χ3n) is 4.96. The normalized spacial score (nSPS) is 23.8.